The van der Waals surface area contributed by atoms with Crippen LogP contribution >= 0.6 is 11.6 Å². The molecule has 0 unspecified atom stereocenters. The molecule has 0 bridgehead atoms. The highest BCUT2D eigenvalue weighted by atomic mass is 35.5. The first-order valence-corrected chi connectivity index (χ1v) is 9.35. The van der Waals surface area contributed by atoms with Crippen LogP contribution < -0.4 is 10.5 Å². The van der Waals surface area contributed by atoms with Gasteiger partial charge in [0.2, 0.25) is 0 Å². The zero-order valence-corrected chi connectivity index (χ0v) is 14.5. The smallest absolute Gasteiger partial charge is 0.339 e. The van der Waals surface area contributed by atoms with Crippen LogP contribution in [0.15, 0.2) is 15.3 Å². The Hall–Kier alpha value is -1.52. The molecule has 0 saturated carbocycles. The van der Waals surface area contributed by atoms with E-state index in [1.165, 1.54) is 24.2 Å². The molecule has 5 heteroatoms. The molecule has 2 heterocycles. The van der Waals surface area contributed by atoms with Gasteiger partial charge < -0.3 is 14.4 Å². The maximum atomic E-state index is 12.4. The molecule has 1 aliphatic carbocycles. The van der Waals surface area contributed by atoms with Crippen LogP contribution in [-0.2, 0) is 19.4 Å². The van der Waals surface area contributed by atoms with E-state index >= 15 is 0 Å². The maximum Gasteiger partial charge on any atom is 0.339 e. The summed E-state index contributed by atoms with van der Waals surface area (Å²) >= 11 is 6.31. The zero-order valence-electron chi connectivity index (χ0n) is 13.8. The molecule has 1 aromatic heterocycles. The Kier molecular flexibility index (Phi) is 4.27. The lowest BCUT2D eigenvalue weighted by molar-refractivity contribution is -0.918. The van der Waals surface area contributed by atoms with E-state index in [9.17, 15) is 9.90 Å². The summed E-state index contributed by atoms with van der Waals surface area (Å²) in [5, 5.41) is 11.8. The van der Waals surface area contributed by atoms with E-state index < -0.39 is 0 Å². The summed E-state index contributed by atoms with van der Waals surface area (Å²) in [6, 6.07) is 1.77. The number of halogens is 1. The number of aryl methyl sites for hydroxylation is 1. The van der Waals surface area contributed by atoms with Gasteiger partial charge in [-0.2, -0.15) is 0 Å². The SMILES string of the molecule is O=c1oc2c(C[NH+]3CCCCC3)c(O)c(Cl)cc2c2c1CCCC2. The largest absolute Gasteiger partial charge is 0.506 e. The Balaban J connectivity index is 1.89. The molecule has 4 nitrogen and oxygen atoms in total. The predicted octanol–water partition coefficient (Wildman–Crippen LogP) is 2.60. The number of quaternary nitrogens is 1. The summed E-state index contributed by atoms with van der Waals surface area (Å²) in [6.45, 7) is 2.83. The van der Waals surface area contributed by atoms with Crippen molar-refractivity contribution in [3.63, 3.8) is 0 Å². The predicted molar refractivity (Wildman–Crippen MR) is 94.1 cm³/mol. The Labute approximate surface area is 146 Å². The Morgan fingerprint density at radius 1 is 1.08 bits per heavy atom. The fourth-order valence-electron chi connectivity index (χ4n) is 4.24. The van der Waals surface area contributed by atoms with Crippen LogP contribution in [0.3, 0.4) is 0 Å². The van der Waals surface area contributed by atoms with Crippen molar-refractivity contribution in [2.24, 2.45) is 0 Å². The van der Waals surface area contributed by atoms with E-state index in [-0.39, 0.29) is 11.4 Å². The average molecular weight is 349 g/mol. The minimum atomic E-state index is -0.242. The highest BCUT2D eigenvalue weighted by Gasteiger charge is 2.25. The lowest BCUT2D eigenvalue weighted by atomic mass is 9.90. The van der Waals surface area contributed by atoms with Gasteiger partial charge in [-0.1, -0.05) is 11.6 Å². The maximum absolute atomic E-state index is 12.4. The average Bonchev–Trinajstić information content (AvgIpc) is 2.61. The first kappa shape index (κ1) is 16.0. The second kappa shape index (κ2) is 6.41. The van der Waals surface area contributed by atoms with Crippen LogP contribution in [0.4, 0.5) is 0 Å². The molecular formula is C19H23ClNO3+. The van der Waals surface area contributed by atoms with Crippen LogP contribution in [0.5, 0.6) is 5.75 Å². The molecule has 0 atom stereocenters. The Morgan fingerprint density at radius 2 is 1.79 bits per heavy atom. The third kappa shape index (κ3) is 2.72. The molecule has 2 aliphatic rings. The summed E-state index contributed by atoms with van der Waals surface area (Å²) < 4.78 is 5.68. The molecule has 0 spiro atoms. The normalized spacial score (nSPS) is 18.7. The number of aromatic hydroxyl groups is 1. The third-order valence-corrected chi connectivity index (χ3v) is 5.81. The van der Waals surface area contributed by atoms with E-state index in [1.54, 1.807) is 6.07 Å². The quantitative estimate of drug-likeness (QED) is 0.820. The van der Waals surface area contributed by atoms with Crippen molar-refractivity contribution < 1.29 is 14.4 Å². The van der Waals surface area contributed by atoms with Crippen molar-refractivity contribution in [2.75, 3.05) is 13.1 Å². The number of hydrogen-bond donors (Lipinski definition) is 2. The molecule has 2 N–H and O–H groups in total. The fraction of sp³-hybridized carbons (Fsp3) is 0.526. The van der Waals surface area contributed by atoms with Gasteiger partial charge >= 0.3 is 5.63 Å². The van der Waals surface area contributed by atoms with Gasteiger partial charge in [-0.25, -0.2) is 4.79 Å². The monoisotopic (exact) mass is 348 g/mol. The molecule has 0 radical (unpaired) electrons. The van der Waals surface area contributed by atoms with Gasteiger partial charge in [-0.05, 0) is 56.6 Å². The number of benzene rings is 1. The lowest BCUT2D eigenvalue weighted by Gasteiger charge is -2.25. The second-order valence-corrected chi connectivity index (χ2v) is 7.51. The van der Waals surface area contributed by atoms with Gasteiger partial charge in [0.1, 0.15) is 12.3 Å². The number of fused-ring (bicyclic) bond motifs is 3. The zero-order chi connectivity index (χ0) is 16.7. The minimum absolute atomic E-state index is 0.0705. The van der Waals surface area contributed by atoms with Gasteiger partial charge in [0.15, 0.2) is 5.58 Å². The van der Waals surface area contributed by atoms with Crippen molar-refractivity contribution in [3.05, 3.63) is 38.2 Å². The van der Waals surface area contributed by atoms with Crippen molar-refractivity contribution in [2.45, 2.75) is 51.5 Å². The highest BCUT2D eigenvalue weighted by Crippen LogP contribution is 2.37. The van der Waals surface area contributed by atoms with E-state index in [0.29, 0.717) is 22.7 Å². The van der Waals surface area contributed by atoms with E-state index in [1.807, 2.05) is 0 Å². The lowest BCUT2D eigenvalue weighted by Crippen LogP contribution is -3.11. The van der Waals surface area contributed by atoms with E-state index in [4.69, 9.17) is 16.0 Å². The van der Waals surface area contributed by atoms with Crippen molar-refractivity contribution in [3.8, 4) is 5.75 Å². The number of phenolic OH excluding ortho intramolecular Hbond substituents is 1. The number of hydrogen-bond acceptors (Lipinski definition) is 3. The molecule has 1 aliphatic heterocycles. The molecule has 24 heavy (non-hydrogen) atoms. The first-order chi connectivity index (χ1) is 11.6. The van der Waals surface area contributed by atoms with Crippen LogP contribution in [0.2, 0.25) is 5.02 Å². The highest BCUT2D eigenvalue weighted by molar-refractivity contribution is 6.33. The standard InChI is InChI=1S/C19H22ClNO3/c20-16-10-14-12-6-2-3-7-13(12)19(23)24-18(14)15(17(16)22)11-21-8-4-1-5-9-21/h10,22H,1-9,11H2/p+1. The van der Waals surface area contributed by atoms with Crippen LogP contribution in [0, 0.1) is 0 Å². The molecule has 1 saturated heterocycles. The number of piperidine rings is 1. The van der Waals surface area contributed by atoms with Crippen LogP contribution in [-0.4, -0.2) is 18.2 Å². The van der Waals surface area contributed by atoms with E-state index in [2.05, 4.69) is 0 Å². The van der Waals surface area contributed by atoms with Crippen molar-refractivity contribution in [1.29, 1.82) is 0 Å². The summed E-state index contributed by atoms with van der Waals surface area (Å²) in [7, 11) is 0. The minimum Gasteiger partial charge on any atom is -0.506 e. The molecule has 4 rings (SSSR count). The summed E-state index contributed by atoms with van der Waals surface area (Å²) in [4.78, 5) is 13.8. The first-order valence-electron chi connectivity index (χ1n) is 8.97. The number of likely N-dealkylation sites (tertiary alicyclic amines) is 1. The summed E-state index contributed by atoms with van der Waals surface area (Å²) in [6.07, 6.45) is 7.44. The van der Waals surface area contributed by atoms with E-state index in [0.717, 1.165) is 55.3 Å². The Bertz CT molecular complexity index is 837. The number of phenols is 1. The number of nitrogens with one attached hydrogen (secondary N) is 1. The van der Waals surface area contributed by atoms with Crippen LogP contribution in [0.25, 0.3) is 11.0 Å². The molecule has 1 aromatic carbocycles. The van der Waals surface area contributed by atoms with Crippen molar-refractivity contribution in [1.82, 2.24) is 0 Å². The van der Waals surface area contributed by atoms with Gasteiger partial charge in [-0.3, -0.25) is 0 Å². The molecular weight excluding hydrogens is 326 g/mol. The fourth-order valence-corrected chi connectivity index (χ4v) is 4.46. The molecule has 2 aromatic rings. The molecule has 128 valence electrons. The van der Waals surface area contributed by atoms with Gasteiger partial charge in [0, 0.05) is 10.9 Å². The summed E-state index contributed by atoms with van der Waals surface area (Å²) in [5.41, 5.74) is 2.87. The van der Waals surface area contributed by atoms with Crippen LogP contribution in [0.1, 0.15) is 48.8 Å². The molecule has 0 amide bonds. The third-order valence-electron chi connectivity index (χ3n) is 5.52. The van der Waals surface area contributed by atoms with Gasteiger partial charge in [-0.15, -0.1) is 0 Å². The van der Waals surface area contributed by atoms with Gasteiger partial charge in [0.05, 0.1) is 23.7 Å². The van der Waals surface area contributed by atoms with Gasteiger partial charge in [0.25, 0.3) is 0 Å². The topological polar surface area (TPSA) is 54.9 Å². The summed E-state index contributed by atoms with van der Waals surface area (Å²) in [5.74, 6) is 0.0705. The Morgan fingerprint density at radius 3 is 2.54 bits per heavy atom. The second-order valence-electron chi connectivity index (χ2n) is 7.10. The van der Waals surface area contributed by atoms with Crippen molar-refractivity contribution >= 4 is 22.6 Å². The molecule has 1 fully saturated rings. The number of rotatable bonds is 2.